The van der Waals surface area contributed by atoms with Gasteiger partial charge in [-0.25, -0.2) is 4.39 Å². The van der Waals surface area contributed by atoms with Crippen LogP contribution in [0.25, 0.3) is 17.0 Å². The highest BCUT2D eigenvalue weighted by Gasteiger charge is 2.37. The van der Waals surface area contributed by atoms with Gasteiger partial charge in [0, 0.05) is 45.4 Å². The maximum atomic E-state index is 14.4. The van der Waals surface area contributed by atoms with Gasteiger partial charge in [-0.05, 0) is 49.0 Å². The van der Waals surface area contributed by atoms with E-state index >= 15 is 0 Å². The van der Waals surface area contributed by atoms with Gasteiger partial charge < -0.3 is 4.57 Å². The normalized spacial score (nSPS) is 14.6. The van der Waals surface area contributed by atoms with Crippen LogP contribution in [0.4, 0.5) is 14.9 Å². The van der Waals surface area contributed by atoms with Crippen molar-refractivity contribution in [1.29, 1.82) is 0 Å². The number of amides is 2. The maximum Gasteiger partial charge on any atom is 0.293 e. The molecule has 0 spiro atoms. The number of carbonyl (C=O) groups is 3. The number of non-ortho nitro benzene ring substituents is 1. The summed E-state index contributed by atoms with van der Waals surface area (Å²) in [4.78, 5) is 49.8. The molecule has 8 nitrogen and oxygen atoms in total. The topological polar surface area (TPSA) is 103 Å². The molecule has 5 rings (SSSR count). The maximum absolute atomic E-state index is 14.4. The van der Waals surface area contributed by atoms with Crippen LogP contribution in [0.1, 0.15) is 27.2 Å². The molecule has 1 aliphatic heterocycles. The van der Waals surface area contributed by atoms with Crippen molar-refractivity contribution in [1.82, 2.24) is 9.47 Å². The number of thioether (sulfide) groups is 1. The van der Waals surface area contributed by atoms with Gasteiger partial charge in [-0.15, -0.1) is 0 Å². The van der Waals surface area contributed by atoms with Crippen LogP contribution in [-0.2, 0) is 11.3 Å². The van der Waals surface area contributed by atoms with Crippen molar-refractivity contribution in [2.75, 3.05) is 6.54 Å². The minimum atomic E-state index is -0.597. The summed E-state index contributed by atoms with van der Waals surface area (Å²) in [6.45, 7) is 1.68. The van der Waals surface area contributed by atoms with Crippen molar-refractivity contribution >= 4 is 51.4 Å². The van der Waals surface area contributed by atoms with Gasteiger partial charge in [0.05, 0.1) is 22.9 Å². The Balaban J connectivity index is 1.44. The summed E-state index contributed by atoms with van der Waals surface area (Å²) < 4.78 is 16.3. The molecule has 0 atom stereocenters. The van der Waals surface area contributed by atoms with Crippen LogP contribution in [0, 0.1) is 22.9 Å². The Morgan fingerprint density at radius 1 is 1.03 bits per heavy atom. The van der Waals surface area contributed by atoms with Crippen LogP contribution in [-0.4, -0.2) is 37.9 Å². The highest BCUT2D eigenvalue weighted by Crippen LogP contribution is 2.36. The van der Waals surface area contributed by atoms with E-state index in [-0.39, 0.29) is 28.5 Å². The van der Waals surface area contributed by atoms with E-state index < -0.39 is 28.4 Å². The number of aromatic nitrogens is 1. The highest BCUT2D eigenvalue weighted by molar-refractivity contribution is 8.18. The summed E-state index contributed by atoms with van der Waals surface area (Å²) in [6, 6.07) is 19.1. The van der Waals surface area contributed by atoms with Crippen LogP contribution in [0.5, 0.6) is 0 Å². The van der Waals surface area contributed by atoms with Crippen LogP contribution in [0.3, 0.4) is 0 Å². The molecule has 0 aliphatic carbocycles. The first-order valence-electron chi connectivity index (χ1n) is 11.6. The summed E-state index contributed by atoms with van der Waals surface area (Å²) in [5, 5.41) is 11.1. The fourth-order valence-electron chi connectivity index (χ4n) is 4.41. The summed E-state index contributed by atoms with van der Waals surface area (Å²) in [7, 11) is 0. The summed E-state index contributed by atoms with van der Waals surface area (Å²) in [5.74, 6) is -1.42. The van der Waals surface area contributed by atoms with Gasteiger partial charge in [0.25, 0.3) is 16.8 Å². The lowest BCUT2D eigenvalue weighted by Crippen LogP contribution is -2.33. The molecule has 0 bridgehead atoms. The summed E-state index contributed by atoms with van der Waals surface area (Å²) in [6.07, 6.45) is 1.64. The van der Waals surface area contributed by atoms with Gasteiger partial charge in [0.15, 0.2) is 5.78 Å². The van der Waals surface area contributed by atoms with E-state index in [0.717, 1.165) is 38.8 Å². The number of imide groups is 1. The molecule has 0 unspecified atom stereocenters. The van der Waals surface area contributed by atoms with E-state index in [4.69, 9.17) is 0 Å². The minimum Gasteiger partial charge on any atom is -0.340 e. The Kier molecular flexibility index (Phi) is 6.64. The third kappa shape index (κ3) is 4.61. The molecule has 1 fully saturated rings. The molecule has 3 aromatic carbocycles. The standard InChI is InChI=1S/C28H20FN3O5S/c1-17-22(21-7-3-5-9-24(21)30(17)15-19-6-2-4-8-23(19)29)14-26-27(34)31(28(35)38-26)16-25(33)18-10-12-20(13-11-18)32(36)37/h2-14H,15-16H2,1H3/b26-14-. The first-order valence-corrected chi connectivity index (χ1v) is 12.4. The highest BCUT2D eigenvalue weighted by atomic mass is 32.2. The number of hydrogen-bond acceptors (Lipinski definition) is 6. The largest absolute Gasteiger partial charge is 0.340 e. The lowest BCUT2D eigenvalue weighted by atomic mass is 10.1. The number of Topliss-reactive ketones (excluding diaryl/α,β-unsaturated/α-hetero) is 1. The van der Waals surface area contributed by atoms with Gasteiger partial charge >= 0.3 is 0 Å². The average molecular weight is 530 g/mol. The molecule has 1 aliphatic rings. The molecule has 1 aromatic heterocycles. The molecular formula is C28H20FN3O5S. The third-order valence-electron chi connectivity index (χ3n) is 6.42. The van der Waals surface area contributed by atoms with Crippen LogP contribution < -0.4 is 0 Å². The number of halogens is 1. The number of nitro benzene ring substituents is 1. The zero-order valence-corrected chi connectivity index (χ0v) is 20.9. The Labute approximate surface area is 220 Å². The zero-order chi connectivity index (χ0) is 27.0. The molecule has 190 valence electrons. The molecule has 0 saturated carbocycles. The third-order valence-corrected chi connectivity index (χ3v) is 7.32. The second-order valence-corrected chi connectivity index (χ2v) is 9.68. The monoisotopic (exact) mass is 529 g/mol. The summed E-state index contributed by atoms with van der Waals surface area (Å²) >= 11 is 0.741. The van der Waals surface area contributed by atoms with Gasteiger partial charge in [0.1, 0.15) is 5.82 Å². The number of para-hydroxylation sites is 1. The molecule has 0 radical (unpaired) electrons. The first kappa shape index (κ1) is 25.1. The van der Waals surface area contributed by atoms with Crippen molar-refractivity contribution < 1.29 is 23.7 Å². The van der Waals surface area contributed by atoms with Crippen molar-refractivity contribution in [3.8, 4) is 0 Å². The van der Waals surface area contributed by atoms with E-state index in [1.165, 1.54) is 30.3 Å². The fraction of sp³-hybridized carbons (Fsp3) is 0.107. The van der Waals surface area contributed by atoms with Gasteiger partial charge in [-0.1, -0.05) is 36.4 Å². The molecule has 2 amide bonds. The van der Waals surface area contributed by atoms with Crippen molar-refractivity contribution in [3.05, 3.63) is 116 Å². The van der Waals surface area contributed by atoms with E-state index in [0.29, 0.717) is 5.56 Å². The number of hydrogen-bond donors (Lipinski definition) is 0. The average Bonchev–Trinajstić information content (AvgIpc) is 3.33. The molecule has 38 heavy (non-hydrogen) atoms. The van der Waals surface area contributed by atoms with Crippen molar-refractivity contribution in [3.63, 3.8) is 0 Å². The van der Waals surface area contributed by atoms with Crippen LogP contribution >= 0.6 is 11.8 Å². The lowest BCUT2D eigenvalue weighted by molar-refractivity contribution is -0.384. The van der Waals surface area contributed by atoms with E-state index in [1.807, 2.05) is 35.8 Å². The molecule has 2 heterocycles. The van der Waals surface area contributed by atoms with Crippen molar-refractivity contribution in [2.45, 2.75) is 13.5 Å². The van der Waals surface area contributed by atoms with Gasteiger partial charge in [0.2, 0.25) is 0 Å². The molecule has 1 saturated heterocycles. The number of carbonyl (C=O) groups excluding carboxylic acids is 3. The Bertz CT molecular complexity index is 1660. The Hall–Kier alpha value is -4.57. The van der Waals surface area contributed by atoms with E-state index in [9.17, 15) is 28.9 Å². The molecule has 4 aromatic rings. The molecule has 10 heteroatoms. The number of nitrogens with zero attached hydrogens (tertiary/aromatic N) is 3. The van der Waals surface area contributed by atoms with Gasteiger partial charge in [-0.3, -0.25) is 29.4 Å². The second kappa shape index (κ2) is 10.1. The predicted molar refractivity (Wildman–Crippen MR) is 142 cm³/mol. The molecular weight excluding hydrogens is 509 g/mol. The van der Waals surface area contributed by atoms with E-state index in [1.54, 1.807) is 24.3 Å². The molecule has 0 N–H and O–H groups in total. The van der Waals surface area contributed by atoms with Crippen LogP contribution in [0.15, 0.2) is 77.7 Å². The number of benzene rings is 3. The van der Waals surface area contributed by atoms with E-state index in [2.05, 4.69) is 0 Å². The first-order chi connectivity index (χ1) is 18.2. The quantitative estimate of drug-likeness (QED) is 0.127. The number of rotatable bonds is 7. The summed E-state index contributed by atoms with van der Waals surface area (Å²) in [5.41, 5.74) is 2.89. The van der Waals surface area contributed by atoms with Crippen molar-refractivity contribution in [2.24, 2.45) is 0 Å². The number of fused-ring (bicyclic) bond motifs is 1. The van der Waals surface area contributed by atoms with Crippen LogP contribution in [0.2, 0.25) is 0 Å². The number of nitro groups is 1. The SMILES string of the molecule is Cc1c(/C=C2\SC(=O)N(CC(=O)c3ccc([N+](=O)[O-])cc3)C2=O)c2ccccc2n1Cc1ccccc1F. The Morgan fingerprint density at radius 2 is 1.71 bits per heavy atom. The smallest absolute Gasteiger partial charge is 0.293 e. The number of ketones is 1. The fourth-order valence-corrected chi connectivity index (χ4v) is 5.23. The zero-order valence-electron chi connectivity index (χ0n) is 20.1. The predicted octanol–water partition coefficient (Wildman–Crippen LogP) is 5.96. The minimum absolute atomic E-state index is 0.158. The second-order valence-electron chi connectivity index (χ2n) is 8.69. The Morgan fingerprint density at radius 3 is 2.42 bits per heavy atom. The lowest BCUT2D eigenvalue weighted by Gasteiger charge is -2.11. The van der Waals surface area contributed by atoms with Gasteiger partial charge in [-0.2, -0.15) is 0 Å².